The normalized spacial score (nSPS) is 9.54. The number of carbonyl (C=O) groups excluding carboxylic acids is 1. The van der Waals surface area contributed by atoms with Crippen LogP contribution in [0.25, 0.3) is 5.69 Å². The van der Waals surface area contributed by atoms with Gasteiger partial charge in [0.1, 0.15) is 23.1 Å². The van der Waals surface area contributed by atoms with Gasteiger partial charge in [0.05, 0.1) is 15.6 Å². The van der Waals surface area contributed by atoms with Crippen molar-refractivity contribution in [3.63, 3.8) is 0 Å². The number of nitrogens with two attached hydrogens (primary N) is 1. The predicted molar refractivity (Wildman–Crippen MR) is 81.0 cm³/mol. The summed E-state index contributed by atoms with van der Waals surface area (Å²) >= 11 is 11.7. The molecule has 2 rings (SSSR count). The molecular weight excluding hydrogens is 478 g/mol. The van der Waals surface area contributed by atoms with Gasteiger partial charge in [0.25, 0.3) is 0 Å². The summed E-state index contributed by atoms with van der Waals surface area (Å²) in [7, 11) is 0. The summed E-state index contributed by atoms with van der Waals surface area (Å²) in [6.45, 7) is 0. The molecule has 0 saturated heterocycles. The molecule has 7 nitrogen and oxygen atoms in total. The predicted octanol–water partition coefficient (Wildman–Crippen LogP) is -4.81. The van der Waals surface area contributed by atoms with Crippen LogP contribution in [0.5, 0.6) is 0 Å². The zero-order valence-corrected chi connectivity index (χ0v) is 22.0. The summed E-state index contributed by atoms with van der Waals surface area (Å²) in [5.41, 5.74) is 4.49. The molecule has 0 radical (unpaired) electrons. The van der Waals surface area contributed by atoms with E-state index in [0.29, 0.717) is 12.1 Å². The molecule has 0 spiro atoms. The van der Waals surface area contributed by atoms with Gasteiger partial charge in [-0.05, 0) is 18.3 Å². The van der Waals surface area contributed by atoms with Gasteiger partial charge in [-0.1, -0.05) is 29.1 Å². The molecule has 2 N–H and O–H groups in total. The van der Waals surface area contributed by atoms with E-state index < -0.39 is 17.9 Å². The maximum absolute atomic E-state index is 12.7. The Morgan fingerprint density at radius 3 is 1.96 bits per heavy atom. The van der Waals surface area contributed by atoms with E-state index in [9.17, 15) is 13.2 Å². The van der Waals surface area contributed by atoms with Gasteiger partial charge in [-0.15, -0.1) is 6.42 Å². The van der Waals surface area contributed by atoms with Crippen molar-refractivity contribution in [3.8, 4) is 24.1 Å². The molecule has 0 unspecified atom stereocenters. The van der Waals surface area contributed by atoms with Gasteiger partial charge in [-0.2, -0.15) is 23.5 Å². The number of hydrogen-bond donors (Lipinski definition) is 1. The number of hydrogen-bond acceptors (Lipinski definition) is 6. The van der Waals surface area contributed by atoms with Crippen LogP contribution in [-0.2, 0) is 6.18 Å². The Bertz CT molecular complexity index is 926. The number of halogens is 5. The SMILES string of the molecule is C#Cc1c(C#N)nn(-c2c(Cl)cc(C(F)(F)F)cc2Cl)c1N.O=C([O-])[O-].[K+].[K+]. The fraction of sp³-hybridized carbons (Fsp3) is 0.0714. The van der Waals surface area contributed by atoms with Crippen LogP contribution in [0.1, 0.15) is 16.8 Å². The Morgan fingerprint density at radius 1 is 1.25 bits per heavy atom. The smallest absolute Gasteiger partial charge is 0.652 e. The van der Waals surface area contributed by atoms with Crippen LogP contribution in [0.15, 0.2) is 12.1 Å². The van der Waals surface area contributed by atoms with Gasteiger partial charge in [-0.3, -0.25) is 0 Å². The Hall–Kier alpha value is 0.193. The second kappa shape index (κ2) is 12.8. The number of alkyl halides is 3. The van der Waals surface area contributed by atoms with Gasteiger partial charge < -0.3 is 20.7 Å². The third-order valence-corrected chi connectivity index (χ3v) is 3.30. The van der Waals surface area contributed by atoms with Crippen molar-refractivity contribution in [3.05, 3.63) is 39.0 Å². The molecule has 14 heteroatoms. The Balaban J connectivity index is 0. The van der Waals surface area contributed by atoms with Crippen LogP contribution in [-0.4, -0.2) is 15.9 Å². The van der Waals surface area contributed by atoms with E-state index in [1.165, 1.54) is 0 Å². The van der Waals surface area contributed by atoms with Crippen LogP contribution >= 0.6 is 23.2 Å². The number of aromatic nitrogens is 2. The number of terminal acetylenes is 1. The van der Waals surface area contributed by atoms with E-state index in [1.807, 2.05) is 0 Å². The van der Waals surface area contributed by atoms with E-state index in [2.05, 4.69) is 11.0 Å². The number of rotatable bonds is 1. The summed E-state index contributed by atoms with van der Waals surface area (Å²) in [6, 6.07) is 3.10. The Kier molecular flexibility index (Phi) is 13.9. The molecule has 0 aliphatic carbocycles. The number of carboxylic acid groups (broad SMARTS) is 2. The number of anilines is 1. The number of nitriles is 1. The van der Waals surface area contributed by atoms with Crippen molar-refractivity contribution in [2.24, 2.45) is 0 Å². The number of carbonyl (C=O) groups is 1. The van der Waals surface area contributed by atoms with Crippen molar-refractivity contribution < 1.29 is 131 Å². The number of nitrogen functional groups attached to an aromatic ring is 1. The van der Waals surface area contributed by atoms with E-state index in [4.69, 9.17) is 55.6 Å². The summed E-state index contributed by atoms with van der Waals surface area (Å²) in [4.78, 5) is 8.33. The standard InChI is InChI=1S/C13H5Cl2F3N4.CH2O3.2K/c1-2-7-10(5-19)21-22(12(7)20)11-8(14)3-6(4-9(11)15)13(16,17)18;2-1(3)4;;/h1,3-4H,20H2;(H2,2,3,4);;/q;;2*+1/p-2. The molecule has 0 saturated carbocycles. The maximum atomic E-state index is 12.7. The molecule has 28 heavy (non-hydrogen) atoms. The molecule has 0 aliphatic rings. The van der Waals surface area contributed by atoms with Gasteiger partial charge in [0, 0.05) is 0 Å². The number of nitrogens with zero attached hydrogens (tertiary/aromatic N) is 3. The van der Waals surface area contributed by atoms with Gasteiger partial charge in [0.15, 0.2) is 5.69 Å². The van der Waals surface area contributed by atoms with Crippen molar-refractivity contribution in [1.29, 1.82) is 5.26 Å². The molecule has 136 valence electrons. The minimum Gasteiger partial charge on any atom is -0.652 e. The van der Waals surface area contributed by atoms with Crippen LogP contribution in [0.4, 0.5) is 23.8 Å². The largest absolute Gasteiger partial charge is 1.00 e. The fourth-order valence-electron chi connectivity index (χ4n) is 1.75. The average molecular weight is 483 g/mol. The number of benzene rings is 1. The minimum absolute atomic E-state index is 0. The molecule has 0 fully saturated rings. The fourth-order valence-corrected chi connectivity index (χ4v) is 2.40. The van der Waals surface area contributed by atoms with Crippen molar-refractivity contribution in [1.82, 2.24) is 9.78 Å². The minimum atomic E-state index is -4.61. The van der Waals surface area contributed by atoms with Gasteiger partial charge >= 0.3 is 109 Å². The van der Waals surface area contributed by atoms with E-state index in [1.54, 1.807) is 6.07 Å². The second-order valence-electron chi connectivity index (χ2n) is 4.31. The molecule has 0 atom stereocenters. The van der Waals surface area contributed by atoms with Crippen LogP contribution in [0.3, 0.4) is 0 Å². The second-order valence-corrected chi connectivity index (χ2v) is 5.13. The van der Waals surface area contributed by atoms with E-state index >= 15 is 0 Å². The Morgan fingerprint density at radius 2 is 1.68 bits per heavy atom. The molecule has 2 aromatic rings. The summed E-state index contributed by atoms with van der Waals surface area (Å²) in [5.74, 6) is 2.06. The van der Waals surface area contributed by atoms with Crippen molar-refractivity contribution in [2.45, 2.75) is 6.18 Å². The van der Waals surface area contributed by atoms with Crippen LogP contribution in [0, 0.1) is 23.7 Å². The van der Waals surface area contributed by atoms with E-state index in [-0.39, 0.29) is 136 Å². The third-order valence-electron chi connectivity index (χ3n) is 2.73. The van der Waals surface area contributed by atoms with Crippen molar-refractivity contribution in [2.75, 3.05) is 5.73 Å². The first-order chi connectivity index (χ1) is 11.9. The zero-order valence-electron chi connectivity index (χ0n) is 14.3. The topological polar surface area (TPSA) is 131 Å². The van der Waals surface area contributed by atoms with Crippen LogP contribution < -0.4 is 119 Å². The summed E-state index contributed by atoms with van der Waals surface area (Å²) in [5, 5.41) is 28.8. The summed E-state index contributed by atoms with van der Waals surface area (Å²) < 4.78 is 39.1. The molecule has 0 bridgehead atoms. The first kappa shape index (κ1) is 30.4. The average Bonchev–Trinajstić information content (AvgIpc) is 2.81. The third kappa shape index (κ3) is 7.79. The Labute approximate surface area is 251 Å². The molecule has 1 aromatic heterocycles. The van der Waals surface area contributed by atoms with E-state index in [0.717, 1.165) is 4.68 Å². The first-order valence-electron chi connectivity index (χ1n) is 6.13. The molecule has 0 amide bonds. The molecule has 1 aromatic carbocycles. The molecule has 1 heterocycles. The van der Waals surface area contributed by atoms with Gasteiger partial charge in [0.2, 0.25) is 0 Å². The molecular formula is C14H5Cl2F3K2N4O3. The zero-order chi connectivity index (χ0) is 20.2. The molecule has 0 aliphatic heterocycles. The van der Waals surface area contributed by atoms with Gasteiger partial charge in [-0.25, -0.2) is 4.68 Å². The summed E-state index contributed by atoms with van der Waals surface area (Å²) in [6.07, 6.45) is -1.71. The quantitative estimate of drug-likeness (QED) is 0.320. The van der Waals surface area contributed by atoms with Crippen LogP contribution in [0.2, 0.25) is 10.0 Å². The first-order valence-corrected chi connectivity index (χ1v) is 6.89. The maximum Gasteiger partial charge on any atom is 1.00 e. The van der Waals surface area contributed by atoms with Crippen molar-refractivity contribution >= 4 is 35.2 Å². The monoisotopic (exact) mass is 482 g/mol.